The van der Waals surface area contributed by atoms with Gasteiger partial charge in [0.2, 0.25) is 0 Å². The standard InChI is InChI=1S/C23H17ClN2OS/c24-18-14-8-7-13-17(18)21-19(22(27)16-11-5-2-6-12-16)20(25-23(28)26-21)15-9-3-1-4-10-15/h1-14,21H,(H2,25,26,28)/t21-/m0/s1. The molecule has 4 rings (SSSR count). The predicted molar refractivity (Wildman–Crippen MR) is 117 cm³/mol. The van der Waals surface area contributed by atoms with E-state index in [-0.39, 0.29) is 5.78 Å². The second-order valence-electron chi connectivity index (χ2n) is 6.40. The molecule has 138 valence electrons. The van der Waals surface area contributed by atoms with E-state index in [1.807, 2.05) is 84.9 Å². The van der Waals surface area contributed by atoms with Crippen LogP contribution in [0.1, 0.15) is 27.5 Å². The van der Waals surface area contributed by atoms with E-state index in [4.69, 9.17) is 23.8 Å². The average molecular weight is 405 g/mol. The van der Waals surface area contributed by atoms with Gasteiger partial charge in [-0.3, -0.25) is 4.79 Å². The molecule has 1 heterocycles. The molecule has 0 amide bonds. The molecule has 3 aromatic rings. The molecule has 3 nitrogen and oxygen atoms in total. The van der Waals surface area contributed by atoms with Crippen molar-refractivity contribution < 1.29 is 4.79 Å². The van der Waals surface area contributed by atoms with Gasteiger partial charge in [-0.2, -0.15) is 0 Å². The Morgan fingerprint density at radius 1 is 0.857 bits per heavy atom. The predicted octanol–water partition coefficient (Wildman–Crippen LogP) is 5.15. The Morgan fingerprint density at radius 3 is 2.14 bits per heavy atom. The van der Waals surface area contributed by atoms with Crippen molar-refractivity contribution in [3.63, 3.8) is 0 Å². The summed E-state index contributed by atoms with van der Waals surface area (Å²) in [5.74, 6) is -0.0770. The van der Waals surface area contributed by atoms with Crippen molar-refractivity contribution in [3.05, 3.63) is 112 Å². The van der Waals surface area contributed by atoms with Crippen LogP contribution in [0.4, 0.5) is 0 Å². The highest BCUT2D eigenvalue weighted by Gasteiger charge is 2.33. The van der Waals surface area contributed by atoms with Gasteiger partial charge in [0.15, 0.2) is 10.9 Å². The third kappa shape index (κ3) is 3.57. The molecular weight excluding hydrogens is 388 g/mol. The molecule has 0 fully saturated rings. The lowest BCUT2D eigenvalue weighted by Crippen LogP contribution is -2.45. The maximum atomic E-state index is 13.6. The van der Waals surface area contributed by atoms with E-state index >= 15 is 0 Å². The van der Waals surface area contributed by atoms with Gasteiger partial charge in [0.1, 0.15) is 0 Å². The first-order valence-corrected chi connectivity index (χ1v) is 9.65. The van der Waals surface area contributed by atoms with E-state index in [0.29, 0.717) is 27.0 Å². The van der Waals surface area contributed by atoms with Gasteiger partial charge >= 0.3 is 0 Å². The van der Waals surface area contributed by atoms with Crippen molar-refractivity contribution in [2.75, 3.05) is 0 Å². The molecule has 0 aromatic heterocycles. The Bertz CT molecular complexity index is 1060. The normalized spacial score (nSPS) is 16.3. The zero-order chi connectivity index (χ0) is 19.5. The zero-order valence-electron chi connectivity index (χ0n) is 14.9. The van der Waals surface area contributed by atoms with Crippen molar-refractivity contribution in [2.45, 2.75) is 6.04 Å². The topological polar surface area (TPSA) is 41.1 Å². The van der Waals surface area contributed by atoms with E-state index in [9.17, 15) is 4.79 Å². The molecule has 1 atom stereocenters. The van der Waals surface area contributed by atoms with E-state index in [2.05, 4.69) is 10.6 Å². The van der Waals surface area contributed by atoms with Crippen molar-refractivity contribution in [1.82, 2.24) is 10.6 Å². The lowest BCUT2D eigenvalue weighted by atomic mass is 9.87. The van der Waals surface area contributed by atoms with Crippen molar-refractivity contribution >= 4 is 40.4 Å². The SMILES string of the molecule is O=C(C1=C(c2ccccc2)NC(=S)N[C@H]1c1ccccc1Cl)c1ccccc1. The van der Waals surface area contributed by atoms with Crippen LogP contribution < -0.4 is 10.6 Å². The van der Waals surface area contributed by atoms with Crippen molar-refractivity contribution in [1.29, 1.82) is 0 Å². The second kappa shape index (κ2) is 7.97. The lowest BCUT2D eigenvalue weighted by Gasteiger charge is -2.32. The number of carbonyl (C=O) groups excluding carboxylic acids is 1. The Labute approximate surface area is 174 Å². The maximum absolute atomic E-state index is 13.6. The van der Waals surface area contributed by atoms with Crippen LogP contribution in [0.15, 0.2) is 90.5 Å². The van der Waals surface area contributed by atoms with Gasteiger partial charge < -0.3 is 10.6 Å². The summed E-state index contributed by atoms with van der Waals surface area (Å²) in [5, 5.41) is 7.45. The number of ketones is 1. The molecule has 0 saturated heterocycles. The second-order valence-corrected chi connectivity index (χ2v) is 7.22. The highest BCUT2D eigenvalue weighted by atomic mass is 35.5. The van der Waals surface area contributed by atoms with Crippen LogP contribution in [0.25, 0.3) is 5.70 Å². The number of nitrogens with one attached hydrogen (secondary N) is 2. The molecule has 2 N–H and O–H groups in total. The number of benzene rings is 3. The van der Waals surface area contributed by atoms with E-state index in [1.54, 1.807) is 0 Å². The molecule has 0 aliphatic carbocycles. The average Bonchev–Trinajstić information content (AvgIpc) is 2.74. The third-order valence-corrected chi connectivity index (χ3v) is 5.20. The number of rotatable bonds is 4. The molecule has 0 bridgehead atoms. The molecular formula is C23H17ClN2OS. The zero-order valence-corrected chi connectivity index (χ0v) is 16.4. The summed E-state index contributed by atoms with van der Waals surface area (Å²) in [5.41, 5.74) is 3.59. The molecule has 1 aliphatic rings. The number of thiocarbonyl (C=S) groups is 1. The van der Waals surface area contributed by atoms with E-state index < -0.39 is 6.04 Å². The summed E-state index contributed by atoms with van der Waals surface area (Å²) in [4.78, 5) is 13.6. The fourth-order valence-corrected chi connectivity index (χ4v) is 3.79. The molecule has 5 heteroatoms. The highest BCUT2D eigenvalue weighted by molar-refractivity contribution is 7.80. The number of hydrogen-bond acceptors (Lipinski definition) is 2. The molecule has 0 radical (unpaired) electrons. The first-order chi connectivity index (χ1) is 13.6. The number of hydrogen-bond donors (Lipinski definition) is 2. The summed E-state index contributed by atoms with van der Waals surface area (Å²) >= 11 is 11.9. The van der Waals surface area contributed by atoms with Gasteiger partial charge in [0.05, 0.1) is 17.3 Å². The van der Waals surface area contributed by atoms with Gasteiger partial charge in [-0.15, -0.1) is 0 Å². The van der Waals surface area contributed by atoms with Crippen molar-refractivity contribution in [3.8, 4) is 0 Å². The number of Topliss-reactive ketones (excluding diaryl/α,β-unsaturated/α-hetero) is 1. The lowest BCUT2D eigenvalue weighted by molar-refractivity contribution is 0.102. The summed E-state index contributed by atoms with van der Waals surface area (Å²) in [6.45, 7) is 0. The summed E-state index contributed by atoms with van der Waals surface area (Å²) in [6.07, 6.45) is 0. The molecule has 0 unspecified atom stereocenters. The Kier molecular flexibility index (Phi) is 5.24. The summed E-state index contributed by atoms with van der Waals surface area (Å²) in [7, 11) is 0. The quantitative estimate of drug-likeness (QED) is 0.466. The summed E-state index contributed by atoms with van der Waals surface area (Å²) in [6, 6.07) is 26.0. The van der Waals surface area contributed by atoms with Crippen LogP contribution in [0, 0.1) is 0 Å². The molecule has 1 aliphatic heterocycles. The first kappa shape index (κ1) is 18.4. The van der Waals surface area contributed by atoms with E-state index in [0.717, 1.165) is 11.1 Å². The maximum Gasteiger partial charge on any atom is 0.193 e. The first-order valence-electron chi connectivity index (χ1n) is 8.86. The minimum atomic E-state index is -0.453. The molecule has 0 saturated carbocycles. The van der Waals surface area contributed by atoms with Crippen LogP contribution in [0.3, 0.4) is 0 Å². The van der Waals surface area contributed by atoms with Gasteiger partial charge in [-0.1, -0.05) is 90.5 Å². The molecule has 28 heavy (non-hydrogen) atoms. The minimum absolute atomic E-state index is 0.0770. The monoisotopic (exact) mass is 404 g/mol. The minimum Gasteiger partial charge on any atom is -0.351 e. The van der Waals surface area contributed by atoms with E-state index in [1.165, 1.54) is 0 Å². The Hall–Kier alpha value is -2.95. The third-order valence-electron chi connectivity index (χ3n) is 4.63. The smallest absolute Gasteiger partial charge is 0.193 e. The molecule has 0 spiro atoms. The number of halogens is 1. The Morgan fingerprint density at radius 2 is 1.46 bits per heavy atom. The summed E-state index contributed by atoms with van der Waals surface area (Å²) < 4.78 is 0. The fourth-order valence-electron chi connectivity index (χ4n) is 3.33. The largest absolute Gasteiger partial charge is 0.351 e. The van der Waals surface area contributed by atoms with Crippen LogP contribution in [-0.2, 0) is 0 Å². The van der Waals surface area contributed by atoms with Gasteiger partial charge in [-0.05, 0) is 29.4 Å². The van der Waals surface area contributed by atoms with Crippen LogP contribution in [0.5, 0.6) is 0 Å². The van der Waals surface area contributed by atoms with Gasteiger partial charge in [-0.25, -0.2) is 0 Å². The fraction of sp³-hybridized carbons (Fsp3) is 0.0435. The number of carbonyl (C=O) groups is 1. The van der Waals surface area contributed by atoms with Gasteiger partial charge in [0, 0.05) is 10.6 Å². The van der Waals surface area contributed by atoms with Crippen LogP contribution in [-0.4, -0.2) is 10.9 Å². The van der Waals surface area contributed by atoms with Gasteiger partial charge in [0.25, 0.3) is 0 Å². The van der Waals surface area contributed by atoms with Crippen molar-refractivity contribution in [2.24, 2.45) is 0 Å². The van der Waals surface area contributed by atoms with Crippen LogP contribution in [0.2, 0.25) is 5.02 Å². The highest BCUT2D eigenvalue weighted by Crippen LogP contribution is 2.36. The Balaban J connectivity index is 1.95. The van der Waals surface area contributed by atoms with Crippen LogP contribution >= 0.6 is 23.8 Å². The molecule has 3 aromatic carbocycles.